The maximum atomic E-state index is 14.7. The minimum absolute atomic E-state index is 0.0761. The normalized spacial score (nSPS) is 37.6. The van der Waals surface area contributed by atoms with E-state index in [1.165, 1.54) is 20.3 Å². The van der Waals surface area contributed by atoms with Gasteiger partial charge >= 0.3 is 17.9 Å². The summed E-state index contributed by atoms with van der Waals surface area (Å²) < 4.78 is 58.6. The molecule has 1 N–H and O–H groups in total. The summed E-state index contributed by atoms with van der Waals surface area (Å²) in [4.78, 5) is 58.3. The first-order valence-corrected chi connectivity index (χ1v) is 24.1. The van der Waals surface area contributed by atoms with Gasteiger partial charge < -0.3 is 52.6 Å². The van der Waals surface area contributed by atoms with E-state index in [-0.39, 0.29) is 43.6 Å². The van der Waals surface area contributed by atoms with Crippen molar-refractivity contribution in [2.75, 3.05) is 28.3 Å². The van der Waals surface area contributed by atoms with Gasteiger partial charge in [-0.1, -0.05) is 64.1 Å². The Morgan fingerprint density at radius 3 is 1.87 bits per heavy atom. The molecule has 2 saturated heterocycles. The Kier molecular flexibility index (Phi) is 18.8. The average Bonchev–Trinajstić information content (AvgIpc) is 3.32. The molecule has 16 atom stereocenters. The number of allylic oxidation sites excluding steroid dienone is 1. The van der Waals surface area contributed by atoms with E-state index in [9.17, 15) is 24.3 Å². The van der Waals surface area contributed by atoms with Gasteiger partial charge in [-0.05, 0) is 117 Å². The van der Waals surface area contributed by atoms with Gasteiger partial charge in [0.15, 0.2) is 30.6 Å². The molecule has 0 aliphatic carbocycles. The molecule has 2 unspecified atom stereocenters. The van der Waals surface area contributed by atoms with Crippen molar-refractivity contribution in [1.29, 1.82) is 0 Å². The fourth-order valence-electron chi connectivity index (χ4n) is 10.3. The van der Waals surface area contributed by atoms with Crippen LogP contribution in [0.4, 0.5) is 0 Å². The molecule has 0 bridgehead atoms. The van der Waals surface area contributed by atoms with Gasteiger partial charge in [-0.15, -0.1) is 0 Å². The van der Waals surface area contributed by atoms with Crippen molar-refractivity contribution in [3.05, 3.63) is 83.4 Å². The van der Waals surface area contributed by atoms with Crippen LogP contribution in [0.2, 0.25) is 0 Å². The van der Waals surface area contributed by atoms with E-state index in [2.05, 4.69) is 0 Å². The highest BCUT2D eigenvalue weighted by Crippen LogP contribution is 2.42. The number of hydrogen-bond donors (Lipinski definition) is 1. The molecule has 3 aliphatic rings. The van der Waals surface area contributed by atoms with E-state index in [1.54, 1.807) is 83.1 Å². The summed E-state index contributed by atoms with van der Waals surface area (Å²) in [6.45, 7) is 18.0. The van der Waals surface area contributed by atoms with Gasteiger partial charge in [0.1, 0.15) is 17.3 Å². The first-order valence-electron chi connectivity index (χ1n) is 24.1. The highest BCUT2D eigenvalue weighted by molar-refractivity contribution is 5.96. The van der Waals surface area contributed by atoms with E-state index in [4.69, 9.17) is 42.6 Å². The summed E-state index contributed by atoms with van der Waals surface area (Å²) >= 11 is 0. The van der Waals surface area contributed by atoms with Crippen LogP contribution >= 0.6 is 0 Å². The zero-order chi connectivity index (χ0) is 50.3. The average molecular weight is 952 g/mol. The van der Waals surface area contributed by atoms with Gasteiger partial charge in [0.05, 0.1) is 53.1 Å². The van der Waals surface area contributed by atoms with Crippen LogP contribution in [0, 0.1) is 17.8 Å². The van der Waals surface area contributed by atoms with Crippen molar-refractivity contribution in [1.82, 2.24) is 4.90 Å². The second-order valence-electron chi connectivity index (χ2n) is 19.8. The Morgan fingerprint density at radius 2 is 1.34 bits per heavy atom. The third-order valence-electron chi connectivity index (χ3n) is 14.5. The van der Waals surface area contributed by atoms with Gasteiger partial charge in [0.25, 0.3) is 0 Å². The summed E-state index contributed by atoms with van der Waals surface area (Å²) in [6, 6.07) is 17.0. The Morgan fingerprint density at radius 1 is 0.779 bits per heavy atom. The Balaban J connectivity index is 1.63. The fourth-order valence-corrected chi connectivity index (χ4v) is 10.3. The number of aliphatic hydroxyl groups is 1. The van der Waals surface area contributed by atoms with Crippen molar-refractivity contribution in [2.45, 2.75) is 179 Å². The number of Topliss-reactive ketones (excluding diaryl/α,β-unsaturated/α-hetero) is 1. The Bertz CT molecular complexity index is 2030. The van der Waals surface area contributed by atoms with Crippen molar-refractivity contribution >= 4 is 23.7 Å². The number of likely N-dealkylation sites (N-methyl/N-ethyl adjacent to an activating group) is 1. The molecule has 2 aromatic carbocycles. The molecule has 0 spiro atoms. The van der Waals surface area contributed by atoms with Crippen LogP contribution in [0.3, 0.4) is 0 Å². The molecule has 2 aromatic rings. The topological polar surface area (TPSA) is 175 Å². The number of cyclic esters (lactones) is 1. The maximum Gasteiger partial charge on any atom is 0.338 e. The van der Waals surface area contributed by atoms with Gasteiger partial charge in [0.2, 0.25) is 0 Å². The quantitative estimate of drug-likeness (QED) is 0.154. The van der Waals surface area contributed by atoms with Crippen LogP contribution in [-0.2, 0) is 52.2 Å². The Hall–Kier alpha value is -4.06. The van der Waals surface area contributed by atoms with Gasteiger partial charge in [-0.2, -0.15) is 0 Å². The van der Waals surface area contributed by atoms with Crippen molar-refractivity contribution in [3.8, 4) is 0 Å². The number of methoxy groups -OCH3 is 2. The van der Waals surface area contributed by atoms with Gasteiger partial charge in [0, 0.05) is 32.5 Å². The van der Waals surface area contributed by atoms with E-state index in [0.29, 0.717) is 23.1 Å². The molecular formula is C53H77NO14. The summed E-state index contributed by atoms with van der Waals surface area (Å²) in [7, 11) is 6.88. The van der Waals surface area contributed by atoms with Crippen LogP contribution in [0.5, 0.6) is 0 Å². The maximum absolute atomic E-state index is 14.7. The molecule has 15 nitrogen and oxygen atoms in total. The molecule has 0 aromatic heterocycles. The number of esters is 3. The molecule has 3 heterocycles. The molecule has 0 saturated carbocycles. The number of ketones is 1. The molecule has 0 radical (unpaired) electrons. The number of benzene rings is 2. The number of carbonyl (C=O) groups is 4. The summed E-state index contributed by atoms with van der Waals surface area (Å²) in [6.07, 6.45) is -5.56. The molecule has 68 heavy (non-hydrogen) atoms. The summed E-state index contributed by atoms with van der Waals surface area (Å²) in [5.74, 6) is -4.49. The second kappa shape index (κ2) is 23.2. The lowest BCUT2D eigenvalue weighted by molar-refractivity contribution is -0.318. The van der Waals surface area contributed by atoms with E-state index < -0.39 is 102 Å². The van der Waals surface area contributed by atoms with E-state index in [1.807, 2.05) is 65.7 Å². The largest absolute Gasteiger partial charge is 0.459 e. The zero-order valence-corrected chi connectivity index (χ0v) is 42.6. The predicted molar refractivity (Wildman–Crippen MR) is 254 cm³/mol. The van der Waals surface area contributed by atoms with Crippen LogP contribution in [0.15, 0.2) is 72.3 Å². The lowest BCUT2D eigenvalue weighted by atomic mass is 9.76. The number of rotatable bonds is 13. The molecule has 2 fully saturated rings. The first-order chi connectivity index (χ1) is 32.0. The minimum atomic E-state index is -1.66. The van der Waals surface area contributed by atoms with E-state index >= 15 is 0 Å². The van der Waals surface area contributed by atoms with Crippen molar-refractivity contribution < 1.29 is 66.9 Å². The predicted octanol–water partition coefficient (Wildman–Crippen LogP) is 7.51. The summed E-state index contributed by atoms with van der Waals surface area (Å²) in [5, 5.41) is 12.1. The van der Waals surface area contributed by atoms with E-state index in [0.717, 1.165) is 0 Å². The third-order valence-corrected chi connectivity index (χ3v) is 14.5. The Labute approximate surface area is 403 Å². The first kappa shape index (κ1) is 54.9. The molecule has 378 valence electrons. The zero-order valence-electron chi connectivity index (χ0n) is 42.6. The summed E-state index contributed by atoms with van der Waals surface area (Å²) in [5.41, 5.74) is -3.04. The van der Waals surface area contributed by atoms with Crippen LogP contribution in [0.1, 0.15) is 122 Å². The monoisotopic (exact) mass is 952 g/mol. The highest BCUT2D eigenvalue weighted by Gasteiger charge is 2.54. The van der Waals surface area contributed by atoms with Gasteiger partial charge in [-0.25, -0.2) is 9.59 Å². The number of nitrogens with zero attached hydrogens (tertiary/aromatic N) is 1. The highest BCUT2D eigenvalue weighted by atomic mass is 16.7. The standard InChI is InChI=1S/C53H77NO14/c1-15-40-53(59,16-2)29-32(4)42(55)31(3)28-51(9,60-13)45(68-50-44(39(54(11)12)27-33(5)62-50)66-48(57)37-23-19-17-20-24-37)34(6)43(35(7)47(56)64-40)65-41-30-52(10,61-14)46(36(8)63-41)67-49(58)38-25-21-18-22-26-38/h17-26,29,31,33-36,39-41,43-46,50,59H,15-16,27-28,30H2,1-14H3/t31-,33-,34+,35-,36+,39+,40-,41?,43+,44-,45-,46+,50?,51+,52-,53+/m1/s1. The van der Waals surface area contributed by atoms with Crippen LogP contribution < -0.4 is 0 Å². The number of hydrogen-bond acceptors (Lipinski definition) is 15. The molecule has 5 rings (SSSR count). The molecule has 0 amide bonds. The third kappa shape index (κ3) is 12.4. The van der Waals surface area contributed by atoms with Crippen LogP contribution in [0.25, 0.3) is 0 Å². The van der Waals surface area contributed by atoms with Crippen molar-refractivity contribution in [3.63, 3.8) is 0 Å². The van der Waals surface area contributed by atoms with Gasteiger partial charge in [-0.3, -0.25) is 9.59 Å². The number of carbonyl (C=O) groups excluding carboxylic acids is 4. The van der Waals surface area contributed by atoms with Crippen molar-refractivity contribution in [2.24, 2.45) is 17.8 Å². The smallest absolute Gasteiger partial charge is 0.338 e. The molecule has 15 heteroatoms. The molecule has 3 aliphatic heterocycles. The lowest BCUT2D eigenvalue weighted by Gasteiger charge is -2.50. The second-order valence-corrected chi connectivity index (χ2v) is 19.8. The number of ether oxygens (including phenoxy) is 9. The SMILES string of the molecule is CC[C@H]1OC(=O)[C@H](C)[C@@H](OC2C[C@@](C)(OC)[C@@H](OC(=O)c3ccccc3)[C@H](C)O2)[C@H](C)[C@@H](OC2O[C@H](C)C[C@H](N(C)C)[C@H]2OC(=O)c2ccccc2)[C@@](C)(OC)C[C@@H](C)C(=O)C(C)=C[C@@]1(O)CC. The van der Waals surface area contributed by atoms with Crippen LogP contribution in [-0.4, -0.2) is 140 Å². The minimum Gasteiger partial charge on any atom is -0.459 e. The fraction of sp³-hybridized carbons (Fsp3) is 0.660. The molecular weight excluding hydrogens is 875 g/mol. The lowest BCUT2D eigenvalue weighted by Crippen LogP contribution is -2.61.